The van der Waals surface area contributed by atoms with Crippen LogP contribution < -0.4 is 0 Å². The van der Waals surface area contributed by atoms with Crippen LogP contribution in [0.3, 0.4) is 0 Å². The molecule has 0 saturated carbocycles. The van der Waals surface area contributed by atoms with Gasteiger partial charge in [0.15, 0.2) is 0 Å². The third kappa shape index (κ3) is 3.38. The maximum atomic E-state index is 13.2. The van der Waals surface area contributed by atoms with Crippen molar-refractivity contribution >= 4 is 36.5 Å². The number of hydrogen-bond acceptors (Lipinski definition) is 2. The fraction of sp³-hybridized carbons (Fsp3) is 0.333. The summed E-state index contributed by atoms with van der Waals surface area (Å²) in [7, 11) is -1.41. The maximum absolute atomic E-state index is 13.2. The second-order valence-corrected chi connectivity index (χ2v) is 5.51. The summed E-state index contributed by atoms with van der Waals surface area (Å²) in [6.07, 6.45) is 1.95. The van der Waals surface area contributed by atoms with Gasteiger partial charge < -0.3 is 4.89 Å². The lowest BCUT2D eigenvalue weighted by Gasteiger charge is -2.15. The molecular formula is C9H10BrF2OPS. The van der Waals surface area contributed by atoms with Gasteiger partial charge in [-0.05, 0) is 17.9 Å². The van der Waals surface area contributed by atoms with Crippen LogP contribution in [0.15, 0.2) is 22.7 Å². The summed E-state index contributed by atoms with van der Waals surface area (Å²) in [6, 6.07) is 4.68. The third-order valence-electron chi connectivity index (χ3n) is 1.82. The highest BCUT2D eigenvalue weighted by Gasteiger charge is 2.33. The van der Waals surface area contributed by atoms with Crippen molar-refractivity contribution in [2.24, 2.45) is 0 Å². The van der Waals surface area contributed by atoms with E-state index in [2.05, 4.69) is 15.9 Å². The van der Waals surface area contributed by atoms with Gasteiger partial charge in [-0.3, -0.25) is 0 Å². The average Bonchev–Trinajstić information content (AvgIpc) is 2.18. The molecule has 0 saturated heterocycles. The Bertz CT molecular complexity index is 349. The Morgan fingerprint density at radius 3 is 2.67 bits per heavy atom. The number of alkyl halides is 2. The van der Waals surface area contributed by atoms with Crippen molar-refractivity contribution in [2.45, 2.75) is 11.4 Å². The molecule has 0 amide bonds. The van der Waals surface area contributed by atoms with Crippen LogP contribution in [0.2, 0.25) is 0 Å². The van der Waals surface area contributed by atoms with Crippen molar-refractivity contribution in [3.05, 3.63) is 33.8 Å². The number of halogens is 3. The number of rotatable bonds is 4. The molecule has 0 aliphatic heterocycles. The van der Waals surface area contributed by atoms with E-state index in [1.807, 2.05) is 6.26 Å². The summed E-state index contributed by atoms with van der Waals surface area (Å²) in [6.45, 7) is 0. The first-order valence-corrected chi connectivity index (χ1v) is 7.21. The lowest BCUT2D eigenvalue weighted by molar-refractivity contribution is 0.0911. The zero-order valence-electron chi connectivity index (χ0n) is 7.93. The van der Waals surface area contributed by atoms with Gasteiger partial charge in [0, 0.05) is 15.8 Å². The van der Waals surface area contributed by atoms with Gasteiger partial charge in [-0.1, -0.05) is 28.1 Å². The SMILES string of the molecule is CSCc1ccc(C(F)(F)PO)c(Br)c1. The van der Waals surface area contributed by atoms with Gasteiger partial charge in [-0.25, -0.2) is 0 Å². The van der Waals surface area contributed by atoms with Gasteiger partial charge in [0.2, 0.25) is 0 Å². The first kappa shape index (κ1) is 13.4. The quantitative estimate of drug-likeness (QED) is 0.849. The van der Waals surface area contributed by atoms with E-state index >= 15 is 0 Å². The van der Waals surface area contributed by atoms with Crippen LogP contribution in [0.4, 0.5) is 8.78 Å². The molecule has 0 spiro atoms. The Morgan fingerprint density at radius 1 is 1.53 bits per heavy atom. The maximum Gasteiger partial charge on any atom is 0.311 e. The summed E-state index contributed by atoms with van der Waals surface area (Å²) in [4.78, 5) is 8.60. The Hall–Kier alpha value is 0.300. The number of benzene rings is 1. The molecule has 1 aromatic carbocycles. The summed E-state index contributed by atoms with van der Waals surface area (Å²) >= 11 is 4.72. The first-order valence-electron chi connectivity index (χ1n) is 4.08. The molecule has 1 nitrogen and oxygen atoms in total. The van der Waals surface area contributed by atoms with Crippen LogP contribution in [0, 0.1) is 0 Å². The molecule has 0 aromatic heterocycles. The van der Waals surface area contributed by atoms with Gasteiger partial charge >= 0.3 is 5.66 Å². The fourth-order valence-electron chi connectivity index (χ4n) is 1.13. The minimum Gasteiger partial charge on any atom is -0.370 e. The molecule has 6 heteroatoms. The van der Waals surface area contributed by atoms with E-state index in [0.29, 0.717) is 4.47 Å². The molecule has 0 radical (unpaired) electrons. The number of hydrogen-bond donors (Lipinski definition) is 1. The van der Waals surface area contributed by atoms with E-state index in [1.54, 1.807) is 23.9 Å². The smallest absolute Gasteiger partial charge is 0.311 e. The second kappa shape index (κ2) is 5.58. The Morgan fingerprint density at radius 2 is 2.20 bits per heavy atom. The van der Waals surface area contributed by atoms with Crippen molar-refractivity contribution in [1.82, 2.24) is 0 Å². The minimum atomic E-state index is -3.16. The summed E-state index contributed by atoms with van der Waals surface area (Å²) < 4.78 is 26.7. The molecule has 1 N–H and O–H groups in total. The molecule has 0 bridgehead atoms. The van der Waals surface area contributed by atoms with Crippen LogP contribution in [0.5, 0.6) is 0 Å². The summed E-state index contributed by atoms with van der Waals surface area (Å²) in [5, 5.41) is 0. The second-order valence-electron chi connectivity index (χ2n) is 2.93. The predicted octanol–water partition coefficient (Wildman–Crippen LogP) is 3.95. The summed E-state index contributed by atoms with van der Waals surface area (Å²) in [5.74, 6) is 0.784. The van der Waals surface area contributed by atoms with Crippen LogP contribution >= 0.6 is 36.5 Å². The van der Waals surface area contributed by atoms with Gasteiger partial charge in [0.1, 0.15) is 0 Å². The lowest BCUT2D eigenvalue weighted by Crippen LogP contribution is -2.06. The highest BCUT2D eigenvalue weighted by atomic mass is 79.9. The van der Waals surface area contributed by atoms with E-state index in [1.165, 1.54) is 6.07 Å². The number of thioether (sulfide) groups is 1. The Labute approximate surface area is 102 Å². The lowest BCUT2D eigenvalue weighted by atomic mass is 10.1. The standard InChI is InChI=1S/C9H10BrF2OPS/c1-15-5-6-2-3-7(8(10)4-6)9(11,12)14-13/h2-4,13-14H,5H2,1H3. The zero-order chi connectivity index (χ0) is 11.5. The largest absolute Gasteiger partial charge is 0.370 e. The van der Waals surface area contributed by atoms with E-state index < -0.39 is 14.5 Å². The van der Waals surface area contributed by atoms with E-state index in [9.17, 15) is 8.78 Å². The van der Waals surface area contributed by atoms with Crippen molar-refractivity contribution in [1.29, 1.82) is 0 Å². The van der Waals surface area contributed by atoms with Gasteiger partial charge in [0.25, 0.3) is 0 Å². The predicted molar refractivity (Wildman–Crippen MR) is 65.8 cm³/mol. The van der Waals surface area contributed by atoms with Crippen molar-refractivity contribution in [3.63, 3.8) is 0 Å². The molecule has 1 rings (SSSR count). The normalized spacial score (nSPS) is 12.6. The van der Waals surface area contributed by atoms with E-state index in [4.69, 9.17) is 4.89 Å². The molecule has 1 atom stereocenters. The summed E-state index contributed by atoms with van der Waals surface area (Å²) in [5.41, 5.74) is -2.33. The minimum absolute atomic E-state index is 0.159. The molecular weight excluding hydrogens is 305 g/mol. The van der Waals surface area contributed by atoms with Crippen LogP contribution in [-0.4, -0.2) is 11.1 Å². The molecule has 84 valence electrons. The van der Waals surface area contributed by atoms with Crippen LogP contribution in [-0.2, 0) is 11.4 Å². The van der Waals surface area contributed by atoms with E-state index in [0.717, 1.165) is 11.3 Å². The monoisotopic (exact) mass is 314 g/mol. The van der Waals surface area contributed by atoms with Crippen molar-refractivity contribution in [2.75, 3.05) is 6.26 Å². The van der Waals surface area contributed by atoms with Crippen LogP contribution in [0.25, 0.3) is 0 Å². The van der Waals surface area contributed by atoms with Crippen molar-refractivity contribution in [3.8, 4) is 0 Å². The molecule has 0 aliphatic carbocycles. The fourth-order valence-corrected chi connectivity index (χ4v) is 2.84. The molecule has 0 fully saturated rings. The topological polar surface area (TPSA) is 20.2 Å². The Balaban J connectivity index is 3.03. The molecule has 0 heterocycles. The molecule has 15 heavy (non-hydrogen) atoms. The highest BCUT2D eigenvalue weighted by Crippen LogP contribution is 2.45. The molecule has 0 aliphatic rings. The molecule has 1 unspecified atom stereocenters. The van der Waals surface area contributed by atoms with Gasteiger partial charge in [0.05, 0.1) is 8.81 Å². The van der Waals surface area contributed by atoms with Crippen LogP contribution in [0.1, 0.15) is 11.1 Å². The Kier molecular flexibility index (Phi) is 4.97. The van der Waals surface area contributed by atoms with E-state index in [-0.39, 0.29) is 5.56 Å². The molecule has 1 aromatic rings. The van der Waals surface area contributed by atoms with Gasteiger partial charge in [-0.15, -0.1) is 0 Å². The third-order valence-corrected chi connectivity index (χ3v) is 3.65. The average molecular weight is 315 g/mol. The van der Waals surface area contributed by atoms with Crippen molar-refractivity contribution < 1.29 is 13.7 Å². The zero-order valence-corrected chi connectivity index (χ0v) is 11.3. The first-order chi connectivity index (χ1) is 7.01. The van der Waals surface area contributed by atoms with Gasteiger partial charge in [-0.2, -0.15) is 20.5 Å². The highest BCUT2D eigenvalue weighted by molar-refractivity contribution is 9.10.